The van der Waals surface area contributed by atoms with Gasteiger partial charge in [-0.2, -0.15) is 0 Å². The summed E-state index contributed by atoms with van der Waals surface area (Å²) >= 11 is 0. The Morgan fingerprint density at radius 3 is 0.423 bits per heavy atom. The van der Waals surface area contributed by atoms with E-state index in [0.717, 1.165) is 116 Å². The molecule has 0 radical (unpaired) electrons. The van der Waals surface area contributed by atoms with Gasteiger partial charge in [-0.25, -0.2) is 14.4 Å². The average Bonchev–Trinajstić information content (AvgIpc) is 0.724. The van der Waals surface area contributed by atoms with E-state index in [1.807, 2.05) is 0 Å². The molecule has 0 unspecified atom stereocenters. The number of carbonyl (C=O) groups is 3. The average molecular weight is 1570 g/mol. The van der Waals surface area contributed by atoms with Crippen LogP contribution < -0.4 is 0 Å². The third kappa shape index (κ3) is 22.9. The number of carboxylic acid groups (broad SMARTS) is 3. The van der Waals surface area contributed by atoms with Crippen molar-refractivity contribution in [2.24, 2.45) is 0 Å². The van der Waals surface area contributed by atoms with Crippen molar-refractivity contribution in [3.05, 3.63) is 0 Å². The molecule has 42 nitrogen and oxygen atoms in total. The minimum atomic E-state index is -5.29. The quantitative estimate of drug-likeness (QED) is 0.0199. The standard InChI is InChI=1S/3C18H36O14.Ce/c3*1-2-3-4-5-6-7-8-9-10-11-13(21,22)15(25,26)17(29,30)18(31,32)16(27,28)14(23,24)12(19)20;/h3*21-32H,2-11H2,1H3,(H,19,20);. The van der Waals surface area contributed by atoms with E-state index in [1.54, 1.807) is 0 Å². The minimum Gasteiger partial charge on any atom is -0.477 e. The van der Waals surface area contributed by atoms with Crippen LogP contribution in [-0.2, 0) is 14.4 Å². The predicted octanol–water partition coefficient (Wildman–Crippen LogP) is -11.8. The van der Waals surface area contributed by atoms with Crippen LogP contribution >= 0.6 is 0 Å². The molecule has 0 heterocycles. The van der Waals surface area contributed by atoms with Crippen LogP contribution in [0.4, 0.5) is 0 Å². The summed E-state index contributed by atoms with van der Waals surface area (Å²) in [5.41, 5.74) is 0. The third-order valence-corrected chi connectivity index (χ3v) is 16.3. The molecule has 0 amide bonds. The molecular formula is C54H108CeO42. The van der Waals surface area contributed by atoms with Crippen molar-refractivity contribution < 1.29 is 255 Å². The summed E-state index contributed by atoms with van der Waals surface area (Å²) in [6.07, 6.45) is 17.3. The Balaban J connectivity index is -0.000000665. The van der Waals surface area contributed by atoms with E-state index in [0.29, 0.717) is 38.5 Å². The molecule has 0 rings (SSSR count). The van der Waals surface area contributed by atoms with Gasteiger partial charge >= 0.3 is 35.3 Å². The van der Waals surface area contributed by atoms with Gasteiger partial charge in [-0.3, -0.25) is 0 Å². The molecular weight excluding hydrogens is 1460 g/mol. The molecule has 0 aromatic carbocycles. The summed E-state index contributed by atoms with van der Waals surface area (Å²) < 4.78 is 0. The normalized spacial score (nSPS) is 14.5. The first-order valence-electron chi connectivity index (χ1n) is 30.5. The molecule has 580 valence electrons. The molecule has 0 bridgehead atoms. The Morgan fingerprint density at radius 2 is 0.299 bits per heavy atom. The van der Waals surface area contributed by atoms with E-state index < -0.39 is 141 Å². The van der Waals surface area contributed by atoms with Gasteiger partial charge in [-0.1, -0.05) is 175 Å². The summed E-state index contributed by atoms with van der Waals surface area (Å²) in [5.74, 6) is -96.7. The Bertz CT molecular complexity index is 2040. The Hall–Kier alpha value is -1.65. The predicted molar refractivity (Wildman–Crippen MR) is 307 cm³/mol. The molecule has 97 heavy (non-hydrogen) atoms. The van der Waals surface area contributed by atoms with Crippen LogP contribution in [0, 0.1) is 41.7 Å². The number of aliphatic carboxylic acids is 3. The zero-order chi connectivity index (χ0) is 76.9. The van der Waals surface area contributed by atoms with Crippen molar-refractivity contribution in [3.8, 4) is 0 Å². The van der Waals surface area contributed by atoms with Crippen LogP contribution in [-0.4, -0.2) is 321 Å². The molecule has 0 atom stereocenters. The fraction of sp³-hybridized carbons (Fsp3) is 0.944. The van der Waals surface area contributed by atoms with Crippen LogP contribution in [0.25, 0.3) is 0 Å². The third-order valence-electron chi connectivity index (χ3n) is 16.3. The molecule has 0 aromatic heterocycles. The Kier molecular flexibility index (Phi) is 40.8. The van der Waals surface area contributed by atoms with Crippen molar-refractivity contribution in [1.82, 2.24) is 0 Å². The van der Waals surface area contributed by atoms with E-state index in [1.165, 1.54) is 0 Å². The van der Waals surface area contributed by atoms with Gasteiger partial charge in [0.05, 0.1) is 0 Å². The summed E-state index contributed by atoms with van der Waals surface area (Å²) in [7, 11) is 0. The van der Waals surface area contributed by atoms with Crippen LogP contribution in [0.5, 0.6) is 0 Å². The summed E-state index contributed by atoms with van der Waals surface area (Å²) in [4.78, 5) is 32.3. The van der Waals surface area contributed by atoms with E-state index >= 15 is 0 Å². The topological polar surface area (TPSA) is 840 Å². The van der Waals surface area contributed by atoms with E-state index in [9.17, 15) is 198 Å². The second-order valence-corrected chi connectivity index (χ2v) is 24.2. The van der Waals surface area contributed by atoms with Crippen molar-refractivity contribution in [1.29, 1.82) is 0 Å². The maximum Gasteiger partial charge on any atom is 0.370 e. The van der Waals surface area contributed by atoms with E-state index in [4.69, 9.17) is 15.3 Å². The molecule has 0 aliphatic rings. The Labute approximate surface area is 587 Å². The van der Waals surface area contributed by atoms with Gasteiger partial charge in [0.15, 0.2) is 0 Å². The minimum absolute atomic E-state index is 0. The number of hydrogen-bond acceptors (Lipinski definition) is 39. The SMILES string of the molecule is CCCCCCCCCCCC(O)(O)C(O)(O)C(O)(O)C(O)(O)C(O)(O)C(O)(O)C(=O)O.CCCCCCCCCCCC(O)(O)C(O)(O)C(O)(O)C(O)(O)C(O)(O)C(O)(O)C(=O)O.CCCCCCCCCCCC(O)(O)C(O)(O)C(O)(O)C(O)(O)C(O)(O)C(O)(O)C(=O)O.[Ce]. The first-order chi connectivity index (χ1) is 42.8. The van der Waals surface area contributed by atoms with Gasteiger partial charge in [0.2, 0.25) is 17.4 Å². The monoisotopic (exact) mass is 1570 g/mol. The van der Waals surface area contributed by atoms with E-state index in [-0.39, 0.29) is 61.0 Å². The molecule has 0 aliphatic heterocycles. The van der Waals surface area contributed by atoms with Crippen LogP contribution in [0.15, 0.2) is 0 Å². The number of rotatable bonds is 48. The van der Waals surface area contributed by atoms with Gasteiger partial charge in [-0.15, -0.1) is 0 Å². The van der Waals surface area contributed by atoms with Crippen LogP contribution in [0.3, 0.4) is 0 Å². The van der Waals surface area contributed by atoms with Crippen LogP contribution in [0.1, 0.15) is 213 Å². The molecule has 0 aliphatic carbocycles. The molecule has 43 heteroatoms. The molecule has 0 spiro atoms. The van der Waals surface area contributed by atoms with Crippen molar-refractivity contribution in [2.45, 2.75) is 318 Å². The number of aliphatic hydroxyl groups is 36. The first kappa shape index (κ1) is 102. The van der Waals surface area contributed by atoms with Gasteiger partial charge in [-0.05, 0) is 19.3 Å². The molecule has 39 N–H and O–H groups in total. The Morgan fingerprint density at radius 1 is 0.186 bits per heavy atom. The summed E-state index contributed by atoms with van der Waals surface area (Å²) in [6, 6.07) is 0. The van der Waals surface area contributed by atoms with Gasteiger partial charge in [0.25, 0.3) is 69.4 Å². The molecule has 0 fully saturated rings. The fourth-order valence-corrected chi connectivity index (χ4v) is 9.04. The van der Waals surface area contributed by atoms with Crippen molar-refractivity contribution in [3.63, 3.8) is 0 Å². The summed E-state index contributed by atoms with van der Waals surface area (Å²) in [6.45, 7) is 6.21. The maximum absolute atomic E-state index is 10.8. The summed E-state index contributed by atoms with van der Waals surface area (Å²) in [5, 5.41) is 374. The number of unbranched alkanes of at least 4 members (excludes halogenated alkanes) is 24. The van der Waals surface area contributed by atoms with Gasteiger partial charge in [0.1, 0.15) is 0 Å². The molecule has 0 aromatic rings. The van der Waals surface area contributed by atoms with Gasteiger partial charge in [0, 0.05) is 61.0 Å². The molecule has 0 saturated carbocycles. The van der Waals surface area contributed by atoms with E-state index in [2.05, 4.69) is 20.8 Å². The fourth-order valence-electron chi connectivity index (χ4n) is 9.04. The zero-order valence-electron chi connectivity index (χ0n) is 53.9. The zero-order valence-corrected chi connectivity index (χ0v) is 57.0. The smallest absolute Gasteiger partial charge is 0.370 e. The van der Waals surface area contributed by atoms with Crippen molar-refractivity contribution in [2.75, 3.05) is 0 Å². The first-order valence-corrected chi connectivity index (χ1v) is 30.5. The van der Waals surface area contributed by atoms with Crippen LogP contribution in [0.2, 0.25) is 0 Å². The second kappa shape index (κ2) is 38.9. The largest absolute Gasteiger partial charge is 0.477 e. The number of carboxylic acids is 3. The van der Waals surface area contributed by atoms with Crippen molar-refractivity contribution >= 4 is 17.9 Å². The molecule has 0 saturated heterocycles. The van der Waals surface area contributed by atoms with Gasteiger partial charge < -0.3 is 199 Å². The maximum atomic E-state index is 10.8. The second-order valence-electron chi connectivity index (χ2n) is 24.2. The number of hydrogen-bond donors (Lipinski definition) is 39.